The minimum atomic E-state index is 0.0116. The number of nitrogens with two attached hydrogens (primary N) is 1. The molecule has 1 atom stereocenters. The zero-order chi connectivity index (χ0) is 21.2. The van der Waals surface area contributed by atoms with Gasteiger partial charge in [-0.3, -0.25) is 5.41 Å². The molecule has 2 heterocycles. The van der Waals surface area contributed by atoms with Gasteiger partial charge in [-0.25, -0.2) is 4.68 Å². The molecule has 1 unspecified atom stereocenters. The summed E-state index contributed by atoms with van der Waals surface area (Å²) in [5.41, 5.74) is 11.4. The van der Waals surface area contributed by atoms with Gasteiger partial charge in [-0.15, -0.1) is 11.8 Å². The third-order valence-corrected chi connectivity index (χ3v) is 6.76. The quantitative estimate of drug-likeness (QED) is 0.333. The molecule has 0 saturated heterocycles. The molecule has 31 heavy (non-hydrogen) atoms. The molecule has 5 rings (SSSR count). The van der Waals surface area contributed by atoms with E-state index in [4.69, 9.17) is 15.9 Å². The molecule has 0 radical (unpaired) electrons. The van der Waals surface area contributed by atoms with E-state index in [1.807, 2.05) is 47.3 Å². The van der Waals surface area contributed by atoms with Gasteiger partial charge in [0.2, 0.25) is 0 Å². The molecular weight excluding hydrogens is 404 g/mol. The number of rotatable bonds is 6. The molecule has 3 N–H and O–H groups in total. The van der Waals surface area contributed by atoms with Gasteiger partial charge in [-0.1, -0.05) is 42.5 Å². The number of nitrogens with one attached hydrogen (secondary N) is 1. The molecule has 0 amide bonds. The molecule has 4 aromatic rings. The number of amidine groups is 1. The number of benzene rings is 3. The van der Waals surface area contributed by atoms with Crippen molar-refractivity contribution in [3.05, 3.63) is 96.3 Å². The highest BCUT2D eigenvalue weighted by atomic mass is 32.2. The van der Waals surface area contributed by atoms with E-state index in [0.29, 0.717) is 6.61 Å². The van der Waals surface area contributed by atoms with Gasteiger partial charge >= 0.3 is 0 Å². The Balaban J connectivity index is 1.38. The normalized spacial score (nSPS) is 14.9. The fourth-order valence-electron chi connectivity index (χ4n) is 3.84. The first kappa shape index (κ1) is 19.5. The number of hydrogen-bond donors (Lipinski definition) is 2. The lowest BCUT2D eigenvalue weighted by Gasteiger charge is -2.14. The molecule has 1 aliphatic rings. The van der Waals surface area contributed by atoms with E-state index in [1.54, 1.807) is 18.0 Å². The lowest BCUT2D eigenvalue weighted by Crippen LogP contribution is -2.24. The van der Waals surface area contributed by atoms with E-state index in [2.05, 4.69) is 41.5 Å². The number of ether oxygens (including phenoxy) is 1. The monoisotopic (exact) mass is 426 g/mol. The Morgan fingerprint density at radius 2 is 1.84 bits per heavy atom. The highest BCUT2D eigenvalue weighted by Crippen LogP contribution is 2.44. The fourth-order valence-corrected chi connectivity index (χ4v) is 5.01. The van der Waals surface area contributed by atoms with E-state index in [-0.39, 0.29) is 11.1 Å². The van der Waals surface area contributed by atoms with Crippen LogP contribution in [0.1, 0.15) is 11.1 Å². The van der Waals surface area contributed by atoms with Crippen LogP contribution >= 0.6 is 11.8 Å². The first-order valence-corrected chi connectivity index (χ1v) is 11.0. The molecule has 154 valence electrons. The molecule has 1 aliphatic heterocycles. The van der Waals surface area contributed by atoms with Crippen LogP contribution < -0.4 is 10.5 Å². The minimum absolute atomic E-state index is 0.0116. The van der Waals surface area contributed by atoms with Gasteiger partial charge in [0, 0.05) is 22.9 Å². The molecule has 5 nitrogen and oxygen atoms in total. The second-order valence-electron chi connectivity index (χ2n) is 7.45. The highest BCUT2D eigenvalue weighted by Gasteiger charge is 2.27. The third-order valence-electron chi connectivity index (χ3n) is 5.42. The Morgan fingerprint density at radius 3 is 2.61 bits per heavy atom. The Morgan fingerprint density at radius 1 is 1.03 bits per heavy atom. The van der Waals surface area contributed by atoms with Crippen LogP contribution in [0.3, 0.4) is 0 Å². The summed E-state index contributed by atoms with van der Waals surface area (Å²) in [5, 5.41) is 12.1. The molecule has 0 spiro atoms. The predicted molar refractivity (Wildman–Crippen MR) is 125 cm³/mol. The average Bonchev–Trinajstić information content (AvgIpc) is 3.48. The molecule has 0 aliphatic carbocycles. The van der Waals surface area contributed by atoms with Crippen LogP contribution in [-0.2, 0) is 13.0 Å². The summed E-state index contributed by atoms with van der Waals surface area (Å²) in [4.78, 5) is 1.20. The SMILES string of the molecule is N=C(N)C1Cc2c(cccc2-c2ccccc2OCc2ccc(-n3cccn3)cc2)S1. The van der Waals surface area contributed by atoms with Crippen LogP contribution in [0.25, 0.3) is 16.8 Å². The Bertz CT molecular complexity index is 1220. The summed E-state index contributed by atoms with van der Waals surface area (Å²) in [7, 11) is 0. The molecule has 0 fully saturated rings. The second kappa shape index (κ2) is 8.32. The number of nitrogens with zero attached hydrogens (tertiary/aromatic N) is 2. The maximum atomic E-state index is 7.83. The van der Waals surface area contributed by atoms with Crippen LogP contribution in [0.2, 0.25) is 0 Å². The van der Waals surface area contributed by atoms with Crippen LogP contribution in [-0.4, -0.2) is 20.9 Å². The zero-order valence-electron chi connectivity index (χ0n) is 16.9. The minimum Gasteiger partial charge on any atom is -0.488 e. The van der Waals surface area contributed by atoms with E-state index in [1.165, 1.54) is 10.5 Å². The van der Waals surface area contributed by atoms with Crippen molar-refractivity contribution in [3.63, 3.8) is 0 Å². The summed E-state index contributed by atoms with van der Waals surface area (Å²) in [6.07, 6.45) is 4.47. The van der Waals surface area contributed by atoms with Crippen molar-refractivity contribution in [1.29, 1.82) is 5.41 Å². The van der Waals surface area contributed by atoms with E-state index in [0.717, 1.165) is 34.5 Å². The predicted octanol–water partition coefficient (Wildman–Crippen LogP) is 5.07. The van der Waals surface area contributed by atoms with Gasteiger partial charge < -0.3 is 10.5 Å². The van der Waals surface area contributed by atoms with Gasteiger partial charge in [-0.05, 0) is 53.4 Å². The Hall–Kier alpha value is -3.51. The van der Waals surface area contributed by atoms with E-state index in [9.17, 15) is 0 Å². The fraction of sp³-hybridized carbons (Fsp3) is 0.120. The van der Waals surface area contributed by atoms with Crippen molar-refractivity contribution in [2.45, 2.75) is 23.2 Å². The number of para-hydroxylation sites is 1. The summed E-state index contributed by atoms with van der Waals surface area (Å²) in [6.45, 7) is 0.482. The summed E-state index contributed by atoms with van der Waals surface area (Å²) < 4.78 is 8.08. The van der Waals surface area contributed by atoms with Gasteiger partial charge in [0.1, 0.15) is 18.2 Å². The van der Waals surface area contributed by atoms with Gasteiger partial charge in [0.05, 0.1) is 10.9 Å². The summed E-state index contributed by atoms with van der Waals surface area (Å²) >= 11 is 1.67. The smallest absolute Gasteiger partial charge is 0.127 e. The van der Waals surface area contributed by atoms with Gasteiger partial charge in [-0.2, -0.15) is 5.10 Å². The van der Waals surface area contributed by atoms with Crippen molar-refractivity contribution < 1.29 is 4.74 Å². The first-order valence-electron chi connectivity index (χ1n) is 10.1. The lowest BCUT2D eigenvalue weighted by atomic mass is 9.96. The number of thioether (sulfide) groups is 1. The largest absolute Gasteiger partial charge is 0.488 e. The average molecular weight is 427 g/mol. The van der Waals surface area contributed by atoms with Gasteiger partial charge in [0.15, 0.2) is 0 Å². The second-order valence-corrected chi connectivity index (χ2v) is 8.69. The van der Waals surface area contributed by atoms with E-state index >= 15 is 0 Å². The zero-order valence-corrected chi connectivity index (χ0v) is 17.7. The summed E-state index contributed by atoms with van der Waals surface area (Å²) in [5.74, 6) is 1.08. The van der Waals surface area contributed by atoms with Crippen molar-refractivity contribution in [3.8, 4) is 22.6 Å². The summed E-state index contributed by atoms with van der Waals surface area (Å²) in [6, 6.07) is 24.6. The Labute approximate surface area is 185 Å². The standard InChI is InChI=1S/C25H22N4OS/c26-25(27)24-15-21-19(6-3-8-23(21)31-24)20-5-1-2-7-22(20)30-16-17-9-11-18(12-10-17)29-14-4-13-28-29/h1-14,24H,15-16H2,(H3,26,27). The van der Waals surface area contributed by atoms with Gasteiger partial charge in [0.25, 0.3) is 0 Å². The molecule has 1 aromatic heterocycles. The number of aromatic nitrogens is 2. The molecule has 0 saturated carbocycles. The number of hydrogen-bond acceptors (Lipinski definition) is 4. The Kier molecular flexibility index (Phi) is 5.22. The molecule has 3 aromatic carbocycles. The maximum absolute atomic E-state index is 7.83. The molecule has 0 bridgehead atoms. The van der Waals surface area contributed by atoms with Crippen LogP contribution in [0.15, 0.2) is 90.1 Å². The van der Waals surface area contributed by atoms with Crippen molar-refractivity contribution in [1.82, 2.24) is 9.78 Å². The van der Waals surface area contributed by atoms with Crippen molar-refractivity contribution >= 4 is 17.6 Å². The van der Waals surface area contributed by atoms with Crippen LogP contribution in [0.4, 0.5) is 0 Å². The highest BCUT2D eigenvalue weighted by molar-refractivity contribution is 8.01. The van der Waals surface area contributed by atoms with Crippen LogP contribution in [0, 0.1) is 5.41 Å². The number of fused-ring (bicyclic) bond motifs is 1. The first-order chi connectivity index (χ1) is 15.2. The molecule has 6 heteroatoms. The van der Waals surface area contributed by atoms with E-state index < -0.39 is 0 Å². The van der Waals surface area contributed by atoms with Crippen molar-refractivity contribution in [2.24, 2.45) is 5.73 Å². The third kappa shape index (κ3) is 3.94. The topological polar surface area (TPSA) is 76.9 Å². The molecular formula is C25H22N4OS. The van der Waals surface area contributed by atoms with Crippen molar-refractivity contribution in [2.75, 3.05) is 0 Å². The maximum Gasteiger partial charge on any atom is 0.127 e. The van der Waals surface area contributed by atoms with Crippen LogP contribution in [0.5, 0.6) is 5.75 Å². The lowest BCUT2D eigenvalue weighted by molar-refractivity contribution is 0.307.